The normalized spacial score (nSPS) is 16.4. The van der Waals surface area contributed by atoms with Crippen LogP contribution in [0.3, 0.4) is 0 Å². The van der Waals surface area contributed by atoms with E-state index in [9.17, 15) is 28.4 Å². The fourth-order valence-electron chi connectivity index (χ4n) is 5.90. The zero-order chi connectivity index (χ0) is 31.2. The van der Waals surface area contributed by atoms with Crippen LogP contribution < -0.4 is 27.2 Å². The maximum atomic E-state index is 14.3. The Labute approximate surface area is 254 Å². The van der Waals surface area contributed by atoms with Crippen molar-refractivity contribution in [3.05, 3.63) is 109 Å². The predicted molar refractivity (Wildman–Crippen MR) is 161 cm³/mol. The van der Waals surface area contributed by atoms with Crippen molar-refractivity contribution >= 4 is 40.8 Å². The molecule has 1 aliphatic carbocycles. The van der Waals surface area contributed by atoms with Crippen molar-refractivity contribution in [1.29, 1.82) is 0 Å². The van der Waals surface area contributed by atoms with E-state index in [2.05, 4.69) is 20.9 Å². The average Bonchev–Trinajstić information content (AvgIpc) is 3.50. The number of amides is 3. The van der Waals surface area contributed by atoms with E-state index in [0.717, 1.165) is 31.9 Å². The number of fused-ring (bicyclic) bond motifs is 3. The van der Waals surface area contributed by atoms with Gasteiger partial charge in [0.15, 0.2) is 0 Å². The van der Waals surface area contributed by atoms with Crippen LogP contribution in [0.4, 0.5) is 15.9 Å². The first-order valence-corrected chi connectivity index (χ1v) is 14.2. The lowest BCUT2D eigenvalue weighted by Crippen LogP contribution is -2.44. The second kappa shape index (κ2) is 11.2. The number of pyridine rings is 1. The van der Waals surface area contributed by atoms with Crippen LogP contribution in [0, 0.1) is 5.82 Å². The fraction of sp³-hybridized carbons (Fsp3) is 0.226. The number of carbonyl (C=O) groups is 3. The highest BCUT2D eigenvalue weighted by Gasteiger charge is 2.51. The van der Waals surface area contributed by atoms with E-state index in [1.165, 1.54) is 25.3 Å². The molecule has 0 unspecified atom stereocenters. The summed E-state index contributed by atoms with van der Waals surface area (Å²) in [6.07, 6.45) is 3.75. The Balaban J connectivity index is 1.27. The van der Waals surface area contributed by atoms with Crippen molar-refractivity contribution in [2.24, 2.45) is 0 Å². The van der Waals surface area contributed by atoms with Gasteiger partial charge in [-0.15, -0.1) is 0 Å². The first-order chi connectivity index (χ1) is 21.1. The van der Waals surface area contributed by atoms with E-state index in [1.54, 1.807) is 24.4 Å². The number of nitrogens with one attached hydrogen (secondary N) is 3. The molecule has 13 heteroatoms. The Morgan fingerprint density at radius 2 is 1.86 bits per heavy atom. The molecule has 0 saturated carbocycles. The molecule has 3 N–H and O–H groups in total. The van der Waals surface area contributed by atoms with Gasteiger partial charge in [0.1, 0.15) is 18.2 Å². The first-order valence-electron chi connectivity index (χ1n) is 13.8. The van der Waals surface area contributed by atoms with Crippen LogP contribution in [0.1, 0.15) is 23.6 Å². The quantitative estimate of drug-likeness (QED) is 0.291. The smallest absolute Gasteiger partial charge is 0.331 e. The number of anilines is 2. The SMILES string of the molecule is CC(=O)NCCn1c(=O)c(-c2cccc(F)c2Cl)cn(CC(=O)Nc2ccc3c(c2)C[C@@]2(C3)C(=O)Nc3ncccc32)c1=O. The molecule has 2 aliphatic rings. The third-order valence-corrected chi connectivity index (χ3v) is 8.35. The summed E-state index contributed by atoms with van der Waals surface area (Å²) in [6.45, 7) is 0.623. The molecule has 44 heavy (non-hydrogen) atoms. The van der Waals surface area contributed by atoms with Crippen molar-refractivity contribution < 1.29 is 18.8 Å². The van der Waals surface area contributed by atoms with Crippen molar-refractivity contribution in [3.63, 3.8) is 0 Å². The van der Waals surface area contributed by atoms with Gasteiger partial charge in [0.05, 0.1) is 16.0 Å². The largest absolute Gasteiger partial charge is 0.355 e. The van der Waals surface area contributed by atoms with Gasteiger partial charge in [-0.1, -0.05) is 35.9 Å². The van der Waals surface area contributed by atoms with Gasteiger partial charge in [0, 0.05) is 49.2 Å². The van der Waals surface area contributed by atoms with Crippen molar-refractivity contribution in [2.75, 3.05) is 17.2 Å². The van der Waals surface area contributed by atoms with Crippen molar-refractivity contribution in [1.82, 2.24) is 19.4 Å². The van der Waals surface area contributed by atoms with Gasteiger partial charge in [0.25, 0.3) is 5.56 Å². The summed E-state index contributed by atoms with van der Waals surface area (Å²) < 4.78 is 16.2. The zero-order valence-electron chi connectivity index (χ0n) is 23.4. The summed E-state index contributed by atoms with van der Waals surface area (Å²) in [5, 5.41) is 7.87. The number of halogens is 2. The molecule has 3 heterocycles. The van der Waals surface area contributed by atoms with E-state index in [-0.39, 0.29) is 41.1 Å². The molecule has 6 rings (SSSR count). The molecule has 2 aromatic heterocycles. The molecule has 1 spiro atoms. The Bertz CT molecular complexity index is 1990. The Kier molecular flexibility index (Phi) is 7.38. The van der Waals surface area contributed by atoms with E-state index in [1.807, 2.05) is 12.1 Å². The summed E-state index contributed by atoms with van der Waals surface area (Å²) in [5.74, 6) is -1.22. The number of aromatic nitrogens is 3. The Morgan fingerprint density at radius 1 is 1.07 bits per heavy atom. The lowest BCUT2D eigenvalue weighted by molar-refractivity contribution is -0.120. The molecule has 224 valence electrons. The molecule has 2 aromatic carbocycles. The molecular formula is C31H26ClFN6O5. The van der Waals surface area contributed by atoms with Gasteiger partial charge in [-0.3, -0.25) is 28.3 Å². The Morgan fingerprint density at radius 3 is 2.66 bits per heavy atom. The van der Waals surface area contributed by atoms with Crippen molar-refractivity contribution in [3.8, 4) is 11.1 Å². The minimum absolute atomic E-state index is 0.0216. The molecule has 1 atom stereocenters. The van der Waals surface area contributed by atoms with Crippen LogP contribution in [0.5, 0.6) is 0 Å². The predicted octanol–water partition coefficient (Wildman–Crippen LogP) is 2.63. The monoisotopic (exact) mass is 616 g/mol. The van der Waals surface area contributed by atoms with E-state index < -0.39 is 34.9 Å². The zero-order valence-corrected chi connectivity index (χ0v) is 24.2. The Hall–Kier alpha value is -5.10. The number of rotatable bonds is 7. The molecule has 0 bridgehead atoms. The highest BCUT2D eigenvalue weighted by Crippen LogP contribution is 2.46. The van der Waals surface area contributed by atoms with Gasteiger partial charge >= 0.3 is 5.69 Å². The number of benzene rings is 2. The summed E-state index contributed by atoms with van der Waals surface area (Å²) in [6, 6.07) is 13.0. The summed E-state index contributed by atoms with van der Waals surface area (Å²) >= 11 is 6.16. The average molecular weight is 617 g/mol. The molecule has 0 saturated heterocycles. The van der Waals surface area contributed by atoms with E-state index in [4.69, 9.17) is 11.6 Å². The third kappa shape index (κ3) is 5.06. The lowest BCUT2D eigenvalue weighted by atomic mass is 9.79. The molecule has 0 radical (unpaired) electrons. The number of hydrogen-bond acceptors (Lipinski definition) is 6. The first kappa shape index (κ1) is 29.0. The molecule has 11 nitrogen and oxygen atoms in total. The van der Waals surface area contributed by atoms with Crippen molar-refractivity contribution in [2.45, 2.75) is 38.3 Å². The summed E-state index contributed by atoms with van der Waals surface area (Å²) in [7, 11) is 0. The molecule has 1 aliphatic heterocycles. The fourth-order valence-corrected chi connectivity index (χ4v) is 6.13. The van der Waals surface area contributed by atoms with Gasteiger partial charge in [-0.05, 0) is 48.2 Å². The van der Waals surface area contributed by atoms with Gasteiger partial charge in [0.2, 0.25) is 17.7 Å². The summed E-state index contributed by atoms with van der Waals surface area (Å²) in [4.78, 5) is 68.4. The van der Waals surface area contributed by atoms with Crippen LogP contribution in [0.25, 0.3) is 11.1 Å². The molecule has 0 fully saturated rings. The highest BCUT2D eigenvalue weighted by molar-refractivity contribution is 6.33. The topological polar surface area (TPSA) is 144 Å². The number of hydrogen-bond donors (Lipinski definition) is 3. The maximum Gasteiger partial charge on any atom is 0.331 e. The molecular weight excluding hydrogens is 591 g/mol. The minimum atomic E-state index is -0.790. The standard InChI is InChI=1S/C31H26ClFN6O5/c1-17(40)34-10-11-39-28(42)22(21-4-2-6-24(33)26(21)32)15-38(30(39)44)16-25(41)36-20-8-7-18-13-31(14-19(18)12-20)23-5-3-9-35-27(23)37-29(31)43/h2-9,12,15H,10-11,13-14,16H2,1H3,(H,34,40)(H,36,41)(H,35,37,43)/t31-/m1/s1. The van der Waals surface area contributed by atoms with Crippen LogP contribution in [0.2, 0.25) is 5.02 Å². The van der Waals surface area contributed by atoms with Crippen LogP contribution in [-0.4, -0.2) is 38.4 Å². The minimum Gasteiger partial charge on any atom is -0.355 e. The third-order valence-electron chi connectivity index (χ3n) is 7.97. The van der Waals surface area contributed by atoms with Crippen LogP contribution in [-0.2, 0) is 45.7 Å². The van der Waals surface area contributed by atoms with Gasteiger partial charge in [-0.25, -0.2) is 14.2 Å². The number of carbonyl (C=O) groups excluding carboxylic acids is 3. The lowest BCUT2D eigenvalue weighted by Gasteiger charge is -2.20. The van der Waals surface area contributed by atoms with Gasteiger partial charge < -0.3 is 16.0 Å². The second-order valence-corrected chi connectivity index (χ2v) is 11.2. The number of nitrogens with zero attached hydrogens (tertiary/aromatic N) is 3. The van der Waals surface area contributed by atoms with Crippen LogP contribution in [0.15, 0.2) is 70.5 Å². The molecule has 3 amide bonds. The maximum absolute atomic E-state index is 14.3. The summed E-state index contributed by atoms with van der Waals surface area (Å²) in [5.41, 5.74) is 0.866. The van der Waals surface area contributed by atoms with E-state index >= 15 is 0 Å². The molecule has 4 aromatic rings. The van der Waals surface area contributed by atoms with E-state index in [0.29, 0.717) is 24.3 Å². The second-order valence-electron chi connectivity index (χ2n) is 10.8. The highest BCUT2D eigenvalue weighted by atomic mass is 35.5. The van der Waals surface area contributed by atoms with Gasteiger partial charge in [-0.2, -0.15) is 0 Å². The van der Waals surface area contributed by atoms with Crippen LogP contribution >= 0.6 is 11.6 Å².